The number of nitrogens with one attached hydrogen (secondary N) is 1. The van der Waals surface area contributed by atoms with E-state index in [1.165, 1.54) is 53.6 Å². The van der Waals surface area contributed by atoms with Crippen molar-refractivity contribution in [1.82, 2.24) is 15.1 Å². The molecule has 1 aromatic heterocycles. The fourth-order valence-corrected chi connectivity index (χ4v) is 4.18. The lowest BCUT2D eigenvalue weighted by Gasteiger charge is -2.19. The first-order chi connectivity index (χ1) is 11.7. The highest BCUT2D eigenvalue weighted by atomic mass is 16.2. The van der Waals surface area contributed by atoms with Gasteiger partial charge in [-0.3, -0.25) is 9.89 Å². The normalized spacial score (nSPS) is 20.2. The number of carbonyl (C=O) groups is 1. The molecule has 1 atom stereocenters. The lowest BCUT2D eigenvalue weighted by atomic mass is 9.90. The molecular weight excluding hydrogens is 298 g/mol. The molecule has 4 nitrogen and oxygen atoms in total. The van der Waals surface area contributed by atoms with E-state index in [1.807, 2.05) is 11.1 Å². The van der Waals surface area contributed by atoms with E-state index in [0.29, 0.717) is 12.3 Å². The van der Waals surface area contributed by atoms with Crippen LogP contribution in [-0.4, -0.2) is 34.1 Å². The van der Waals surface area contributed by atoms with Crippen molar-refractivity contribution in [2.45, 2.75) is 51.4 Å². The van der Waals surface area contributed by atoms with Crippen molar-refractivity contribution in [2.75, 3.05) is 13.1 Å². The zero-order chi connectivity index (χ0) is 16.5. The van der Waals surface area contributed by atoms with Crippen LogP contribution in [0.5, 0.6) is 0 Å². The van der Waals surface area contributed by atoms with Gasteiger partial charge in [0.2, 0.25) is 5.91 Å². The first-order valence-corrected chi connectivity index (χ1v) is 9.09. The summed E-state index contributed by atoms with van der Waals surface area (Å²) in [5, 5.41) is 7.22. The van der Waals surface area contributed by atoms with Crippen LogP contribution in [0, 0.1) is 6.92 Å². The van der Waals surface area contributed by atoms with Crippen molar-refractivity contribution in [3.63, 3.8) is 0 Å². The number of amides is 1. The van der Waals surface area contributed by atoms with Gasteiger partial charge in [-0.15, -0.1) is 0 Å². The number of hydrogen-bond donors (Lipinski definition) is 1. The van der Waals surface area contributed by atoms with Gasteiger partial charge in [-0.1, -0.05) is 18.2 Å². The molecule has 1 amide bonds. The van der Waals surface area contributed by atoms with Crippen LogP contribution in [0.1, 0.15) is 53.1 Å². The smallest absolute Gasteiger partial charge is 0.227 e. The van der Waals surface area contributed by atoms with Gasteiger partial charge in [0.1, 0.15) is 0 Å². The van der Waals surface area contributed by atoms with E-state index in [0.717, 1.165) is 19.5 Å². The maximum atomic E-state index is 12.7. The number of rotatable bonds is 3. The second-order valence-electron chi connectivity index (χ2n) is 7.28. The minimum atomic E-state index is 0.255. The van der Waals surface area contributed by atoms with Crippen LogP contribution in [0.25, 0.3) is 0 Å². The van der Waals surface area contributed by atoms with Crippen molar-refractivity contribution < 1.29 is 4.79 Å². The van der Waals surface area contributed by atoms with Crippen molar-refractivity contribution in [3.8, 4) is 0 Å². The number of carbonyl (C=O) groups excluding carboxylic acids is 1. The summed E-state index contributed by atoms with van der Waals surface area (Å²) in [7, 11) is 0. The van der Waals surface area contributed by atoms with Gasteiger partial charge >= 0.3 is 0 Å². The van der Waals surface area contributed by atoms with E-state index in [1.54, 1.807) is 0 Å². The molecule has 4 heteroatoms. The number of aromatic amines is 1. The molecule has 1 aromatic carbocycles. The van der Waals surface area contributed by atoms with Gasteiger partial charge in [-0.25, -0.2) is 0 Å². The Kier molecular flexibility index (Phi) is 4.13. The maximum absolute atomic E-state index is 12.7. The summed E-state index contributed by atoms with van der Waals surface area (Å²) in [4.78, 5) is 14.7. The standard InChI is InChI=1S/C20H25N3O/c1-14-12-21-22-20(14)18-8-9-23(13-18)19(24)11-15-6-7-16-4-2-3-5-17(16)10-15/h6-7,10,12,18H,2-5,8-9,11,13H2,1H3,(H,21,22)/t18-/m0/s1. The zero-order valence-corrected chi connectivity index (χ0v) is 14.3. The Morgan fingerprint density at radius 3 is 2.92 bits per heavy atom. The Labute approximate surface area is 143 Å². The fraction of sp³-hybridized carbons (Fsp3) is 0.500. The number of aromatic nitrogens is 2. The van der Waals surface area contributed by atoms with Crippen molar-refractivity contribution in [3.05, 3.63) is 52.3 Å². The summed E-state index contributed by atoms with van der Waals surface area (Å²) >= 11 is 0. The summed E-state index contributed by atoms with van der Waals surface area (Å²) in [6.45, 7) is 3.75. The number of H-pyrrole nitrogens is 1. The minimum Gasteiger partial charge on any atom is -0.342 e. The Morgan fingerprint density at radius 1 is 1.29 bits per heavy atom. The number of likely N-dealkylation sites (tertiary alicyclic amines) is 1. The van der Waals surface area contributed by atoms with Crippen LogP contribution in [0.4, 0.5) is 0 Å². The molecule has 0 spiro atoms. The summed E-state index contributed by atoms with van der Waals surface area (Å²) in [6.07, 6.45) is 8.37. The summed E-state index contributed by atoms with van der Waals surface area (Å²) < 4.78 is 0. The first kappa shape index (κ1) is 15.4. The van der Waals surface area contributed by atoms with Crippen LogP contribution >= 0.6 is 0 Å². The Morgan fingerprint density at radius 2 is 2.12 bits per heavy atom. The van der Waals surface area contributed by atoms with Crippen LogP contribution in [0.3, 0.4) is 0 Å². The number of benzene rings is 1. The van der Waals surface area contributed by atoms with Crippen molar-refractivity contribution in [1.29, 1.82) is 0 Å². The maximum Gasteiger partial charge on any atom is 0.227 e. The third kappa shape index (κ3) is 2.97. The summed E-state index contributed by atoms with van der Waals surface area (Å²) in [5.74, 6) is 0.658. The molecule has 0 bridgehead atoms. The third-order valence-corrected chi connectivity index (χ3v) is 5.59. The predicted molar refractivity (Wildman–Crippen MR) is 94.1 cm³/mol. The van der Waals surface area contributed by atoms with Gasteiger partial charge in [-0.2, -0.15) is 5.10 Å². The monoisotopic (exact) mass is 323 g/mol. The quantitative estimate of drug-likeness (QED) is 0.943. The van der Waals surface area contributed by atoms with Gasteiger partial charge in [0.05, 0.1) is 12.6 Å². The molecule has 0 radical (unpaired) electrons. The minimum absolute atomic E-state index is 0.255. The van der Waals surface area contributed by atoms with Crippen molar-refractivity contribution >= 4 is 5.91 Å². The second kappa shape index (κ2) is 6.42. The van der Waals surface area contributed by atoms with Crippen molar-refractivity contribution in [2.24, 2.45) is 0 Å². The number of nitrogens with zero attached hydrogens (tertiary/aromatic N) is 2. The van der Waals surface area contributed by atoms with Gasteiger partial charge in [0.25, 0.3) is 0 Å². The van der Waals surface area contributed by atoms with Gasteiger partial charge in [0, 0.05) is 24.7 Å². The molecule has 2 aromatic rings. The molecule has 1 aliphatic heterocycles. The molecule has 1 fully saturated rings. The van der Waals surface area contributed by atoms with Gasteiger partial charge in [-0.05, 0) is 61.3 Å². The van der Waals surface area contributed by atoms with Crippen LogP contribution in [0.15, 0.2) is 24.4 Å². The summed E-state index contributed by atoms with van der Waals surface area (Å²) in [6, 6.07) is 6.64. The highest BCUT2D eigenvalue weighted by Crippen LogP contribution is 2.28. The Balaban J connectivity index is 1.41. The molecule has 126 valence electrons. The SMILES string of the molecule is Cc1cn[nH]c1[C@H]1CCN(C(=O)Cc2ccc3c(c2)CCCC3)C1. The highest BCUT2D eigenvalue weighted by molar-refractivity contribution is 5.79. The predicted octanol–water partition coefficient (Wildman–Crippen LogP) is 3.16. The van der Waals surface area contributed by atoms with E-state index in [4.69, 9.17) is 0 Å². The molecule has 24 heavy (non-hydrogen) atoms. The van der Waals surface area contributed by atoms with E-state index >= 15 is 0 Å². The lowest BCUT2D eigenvalue weighted by Crippen LogP contribution is -2.30. The van der Waals surface area contributed by atoms with E-state index in [2.05, 4.69) is 35.3 Å². The van der Waals surface area contributed by atoms with Gasteiger partial charge in [0.15, 0.2) is 0 Å². The zero-order valence-electron chi connectivity index (χ0n) is 14.3. The van der Waals surface area contributed by atoms with Crippen LogP contribution in [-0.2, 0) is 24.1 Å². The van der Waals surface area contributed by atoms with Gasteiger partial charge < -0.3 is 4.90 Å². The molecule has 1 N–H and O–H groups in total. The van der Waals surface area contributed by atoms with E-state index < -0.39 is 0 Å². The molecule has 0 unspecified atom stereocenters. The van der Waals surface area contributed by atoms with Crippen LogP contribution in [0.2, 0.25) is 0 Å². The summed E-state index contributed by atoms with van der Waals surface area (Å²) in [5.41, 5.74) is 6.50. The molecule has 1 aliphatic carbocycles. The largest absolute Gasteiger partial charge is 0.342 e. The molecule has 2 heterocycles. The average Bonchev–Trinajstić information content (AvgIpc) is 3.23. The number of aryl methyl sites for hydroxylation is 3. The molecule has 1 saturated heterocycles. The fourth-order valence-electron chi connectivity index (χ4n) is 4.18. The van der Waals surface area contributed by atoms with Crippen LogP contribution < -0.4 is 0 Å². The highest BCUT2D eigenvalue weighted by Gasteiger charge is 2.29. The molecular formula is C20H25N3O. The number of hydrogen-bond acceptors (Lipinski definition) is 2. The third-order valence-electron chi connectivity index (χ3n) is 5.59. The van der Waals surface area contributed by atoms with E-state index in [-0.39, 0.29) is 5.91 Å². The molecule has 4 rings (SSSR count). The average molecular weight is 323 g/mol. The molecule has 0 saturated carbocycles. The Bertz CT molecular complexity index is 749. The molecule has 2 aliphatic rings. The lowest BCUT2D eigenvalue weighted by molar-refractivity contribution is -0.129. The Hall–Kier alpha value is -2.10. The van der Waals surface area contributed by atoms with E-state index in [9.17, 15) is 4.79 Å². The number of fused-ring (bicyclic) bond motifs is 1. The first-order valence-electron chi connectivity index (χ1n) is 9.09. The second-order valence-corrected chi connectivity index (χ2v) is 7.28. The topological polar surface area (TPSA) is 49.0 Å².